The van der Waals surface area contributed by atoms with Gasteiger partial charge in [0, 0.05) is 18.4 Å². The molecule has 0 spiro atoms. The quantitative estimate of drug-likeness (QED) is 0.678. The first kappa shape index (κ1) is 18.0. The molecule has 0 saturated heterocycles. The van der Waals surface area contributed by atoms with Crippen LogP contribution in [-0.4, -0.2) is 34.9 Å². The van der Waals surface area contributed by atoms with Crippen LogP contribution in [0.25, 0.3) is 0 Å². The second-order valence-electron chi connectivity index (χ2n) is 6.09. The van der Waals surface area contributed by atoms with Crippen LogP contribution in [0.5, 0.6) is 5.75 Å². The summed E-state index contributed by atoms with van der Waals surface area (Å²) >= 11 is 0. The van der Waals surface area contributed by atoms with Crippen LogP contribution in [0.15, 0.2) is 24.3 Å². The first-order chi connectivity index (χ1) is 11.5. The van der Waals surface area contributed by atoms with Gasteiger partial charge in [-0.25, -0.2) is 4.79 Å². The van der Waals surface area contributed by atoms with Gasteiger partial charge in [-0.3, -0.25) is 9.59 Å². The van der Waals surface area contributed by atoms with Crippen LogP contribution < -0.4 is 10.1 Å². The number of carbonyl (C=O) groups excluding carboxylic acids is 2. The number of carboxylic acids is 1. The number of aliphatic carboxylic acids is 1. The van der Waals surface area contributed by atoms with Crippen molar-refractivity contribution in [2.24, 2.45) is 0 Å². The Labute approximate surface area is 141 Å². The normalized spacial score (nSPS) is 15.2. The molecule has 1 aliphatic carbocycles. The minimum absolute atomic E-state index is 0.0120. The molecule has 0 aromatic heterocycles. The van der Waals surface area contributed by atoms with Gasteiger partial charge < -0.3 is 15.2 Å². The molecule has 1 aromatic carbocycles. The van der Waals surface area contributed by atoms with Gasteiger partial charge in [-0.1, -0.05) is 6.92 Å². The van der Waals surface area contributed by atoms with E-state index in [1.807, 2.05) is 6.92 Å². The zero-order chi connectivity index (χ0) is 17.6. The summed E-state index contributed by atoms with van der Waals surface area (Å²) in [7, 11) is 0. The van der Waals surface area contributed by atoms with Crippen molar-refractivity contribution < 1.29 is 24.2 Å². The van der Waals surface area contributed by atoms with Crippen LogP contribution in [0.1, 0.15) is 55.8 Å². The Bertz CT molecular complexity index is 604. The topological polar surface area (TPSA) is 92.7 Å². The van der Waals surface area contributed by atoms with Gasteiger partial charge in [0.05, 0.1) is 6.61 Å². The second kappa shape index (κ2) is 7.95. The van der Waals surface area contributed by atoms with Crippen molar-refractivity contribution in [2.45, 2.75) is 51.0 Å². The molecule has 6 heteroatoms. The molecule has 1 amide bonds. The zero-order valence-electron chi connectivity index (χ0n) is 13.8. The van der Waals surface area contributed by atoms with Gasteiger partial charge in [-0.2, -0.15) is 0 Å². The molecule has 0 unspecified atom stereocenters. The van der Waals surface area contributed by atoms with Crippen molar-refractivity contribution in [1.29, 1.82) is 0 Å². The fraction of sp³-hybridized carbons (Fsp3) is 0.500. The van der Waals surface area contributed by atoms with Gasteiger partial charge >= 0.3 is 5.97 Å². The Kier molecular flexibility index (Phi) is 5.95. The lowest BCUT2D eigenvalue weighted by atomic mass is 9.76. The van der Waals surface area contributed by atoms with Gasteiger partial charge in [0.2, 0.25) is 5.91 Å². The fourth-order valence-corrected chi connectivity index (χ4v) is 2.58. The summed E-state index contributed by atoms with van der Waals surface area (Å²) in [4.78, 5) is 35.2. The summed E-state index contributed by atoms with van der Waals surface area (Å²) in [6.45, 7) is 2.64. The van der Waals surface area contributed by atoms with E-state index >= 15 is 0 Å². The Morgan fingerprint density at radius 1 is 1.17 bits per heavy atom. The Morgan fingerprint density at radius 3 is 2.33 bits per heavy atom. The summed E-state index contributed by atoms with van der Waals surface area (Å²) in [5.74, 6) is -0.839. The maximum absolute atomic E-state index is 12.1. The molecular formula is C18H23NO5. The van der Waals surface area contributed by atoms with Gasteiger partial charge in [0.25, 0.3) is 0 Å². The number of benzene rings is 1. The predicted molar refractivity (Wildman–Crippen MR) is 88.2 cm³/mol. The summed E-state index contributed by atoms with van der Waals surface area (Å²) in [5, 5.41) is 11.7. The number of rotatable bonds is 9. The summed E-state index contributed by atoms with van der Waals surface area (Å²) < 4.78 is 5.45. The van der Waals surface area contributed by atoms with Crippen LogP contribution in [0, 0.1) is 0 Å². The van der Waals surface area contributed by atoms with E-state index < -0.39 is 17.4 Å². The Balaban J connectivity index is 1.82. The molecule has 1 saturated carbocycles. The second-order valence-corrected chi connectivity index (χ2v) is 6.09. The highest BCUT2D eigenvalue weighted by Gasteiger charge is 2.45. The third-order valence-electron chi connectivity index (χ3n) is 4.22. The minimum atomic E-state index is -1.13. The highest BCUT2D eigenvalue weighted by molar-refractivity contribution is 5.98. The van der Waals surface area contributed by atoms with Gasteiger partial charge in [0.1, 0.15) is 11.3 Å². The largest absolute Gasteiger partial charge is 0.494 e. The number of ketones is 1. The SMILES string of the molecule is CCCOc1ccc(C(=O)CCC(=O)NC2(C(=O)O)CCC2)cc1. The van der Waals surface area contributed by atoms with Gasteiger partial charge in [-0.15, -0.1) is 0 Å². The lowest BCUT2D eigenvalue weighted by Gasteiger charge is -2.38. The molecule has 6 nitrogen and oxygen atoms in total. The van der Waals surface area contributed by atoms with E-state index in [1.165, 1.54) is 0 Å². The number of Topliss-reactive ketones (excluding diaryl/α,β-unsaturated/α-hetero) is 1. The third kappa shape index (κ3) is 4.34. The third-order valence-corrected chi connectivity index (χ3v) is 4.22. The molecule has 1 aromatic rings. The highest BCUT2D eigenvalue weighted by atomic mass is 16.5. The van der Waals surface area contributed by atoms with E-state index in [4.69, 9.17) is 4.74 Å². The van der Waals surface area contributed by atoms with Crippen molar-refractivity contribution in [3.63, 3.8) is 0 Å². The maximum Gasteiger partial charge on any atom is 0.329 e. The average molecular weight is 333 g/mol. The number of amides is 1. The number of hydrogen-bond acceptors (Lipinski definition) is 4. The van der Waals surface area contributed by atoms with Crippen LogP contribution in [0.3, 0.4) is 0 Å². The van der Waals surface area contributed by atoms with Crippen molar-refractivity contribution in [2.75, 3.05) is 6.61 Å². The van der Waals surface area contributed by atoms with Crippen LogP contribution >= 0.6 is 0 Å². The molecule has 0 bridgehead atoms. The first-order valence-corrected chi connectivity index (χ1v) is 8.27. The van der Waals surface area contributed by atoms with E-state index in [-0.39, 0.29) is 18.6 Å². The van der Waals surface area contributed by atoms with Gasteiger partial charge in [0.15, 0.2) is 5.78 Å². The number of carboxylic acid groups (broad SMARTS) is 1. The summed E-state index contributed by atoms with van der Waals surface area (Å²) in [6.07, 6.45) is 2.63. The summed E-state index contributed by atoms with van der Waals surface area (Å²) in [6, 6.07) is 6.82. The van der Waals surface area contributed by atoms with Gasteiger partial charge in [-0.05, 0) is 49.9 Å². The maximum atomic E-state index is 12.1. The molecule has 2 rings (SSSR count). The number of carbonyl (C=O) groups is 3. The number of nitrogens with one attached hydrogen (secondary N) is 1. The standard InChI is InChI=1S/C18H23NO5/c1-2-12-24-14-6-4-13(5-7-14)15(20)8-9-16(21)19-18(17(22)23)10-3-11-18/h4-7H,2-3,8-12H2,1H3,(H,19,21)(H,22,23). The smallest absolute Gasteiger partial charge is 0.329 e. The number of ether oxygens (including phenoxy) is 1. The molecule has 0 aliphatic heterocycles. The van der Waals surface area contributed by atoms with Crippen LogP contribution in [0.4, 0.5) is 0 Å². The lowest BCUT2D eigenvalue weighted by molar-refractivity contribution is -0.151. The lowest BCUT2D eigenvalue weighted by Crippen LogP contribution is -2.59. The first-order valence-electron chi connectivity index (χ1n) is 8.27. The van der Waals surface area contributed by atoms with E-state index in [0.29, 0.717) is 30.8 Å². The van der Waals surface area contributed by atoms with E-state index in [2.05, 4.69) is 5.32 Å². The Morgan fingerprint density at radius 2 is 1.83 bits per heavy atom. The molecule has 1 aliphatic rings. The number of hydrogen-bond donors (Lipinski definition) is 2. The van der Waals surface area contributed by atoms with Crippen molar-refractivity contribution in [3.8, 4) is 5.75 Å². The van der Waals surface area contributed by atoms with Crippen molar-refractivity contribution in [3.05, 3.63) is 29.8 Å². The molecule has 24 heavy (non-hydrogen) atoms. The summed E-state index contributed by atoms with van der Waals surface area (Å²) in [5.41, 5.74) is -0.610. The van der Waals surface area contributed by atoms with Crippen LogP contribution in [-0.2, 0) is 9.59 Å². The molecule has 130 valence electrons. The average Bonchev–Trinajstić information content (AvgIpc) is 2.54. The molecule has 0 heterocycles. The molecule has 0 radical (unpaired) electrons. The van der Waals surface area contributed by atoms with Crippen LogP contribution in [0.2, 0.25) is 0 Å². The minimum Gasteiger partial charge on any atom is -0.494 e. The molecule has 1 fully saturated rings. The van der Waals surface area contributed by atoms with E-state index in [1.54, 1.807) is 24.3 Å². The van der Waals surface area contributed by atoms with Crippen molar-refractivity contribution in [1.82, 2.24) is 5.32 Å². The molecule has 0 atom stereocenters. The fourth-order valence-electron chi connectivity index (χ4n) is 2.58. The monoisotopic (exact) mass is 333 g/mol. The zero-order valence-corrected chi connectivity index (χ0v) is 13.8. The molecular weight excluding hydrogens is 310 g/mol. The van der Waals surface area contributed by atoms with E-state index in [0.717, 1.165) is 12.8 Å². The predicted octanol–water partition coefficient (Wildman–Crippen LogP) is 2.56. The highest BCUT2D eigenvalue weighted by Crippen LogP contribution is 2.32. The van der Waals surface area contributed by atoms with Crippen molar-refractivity contribution >= 4 is 17.7 Å². The Hall–Kier alpha value is -2.37. The molecule has 2 N–H and O–H groups in total. The van der Waals surface area contributed by atoms with E-state index in [9.17, 15) is 19.5 Å².